The summed E-state index contributed by atoms with van der Waals surface area (Å²) >= 11 is 0. The Kier molecular flexibility index (Phi) is 4.40. The average Bonchev–Trinajstić information content (AvgIpc) is 2.99. The maximum atomic E-state index is 11.2. The van der Waals surface area contributed by atoms with E-state index < -0.39 is 5.60 Å². The van der Waals surface area contributed by atoms with Crippen LogP contribution < -0.4 is 0 Å². The van der Waals surface area contributed by atoms with Gasteiger partial charge in [0.1, 0.15) is 11.4 Å². The zero-order valence-corrected chi connectivity index (χ0v) is 13.0. The fourth-order valence-electron chi connectivity index (χ4n) is 2.55. The van der Waals surface area contributed by atoms with Gasteiger partial charge in [0, 0.05) is 12.5 Å². The predicted molar refractivity (Wildman–Crippen MR) is 90.8 cm³/mol. The molecular weight excluding hydrogens is 286 g/mol. The van der Waals surface area contributed by atoms with E-state index in [2.05, 4.69) is 5.16 Å². The molecule has 0 aliphatic heterocycles. The van der Waals surface area contributed by atoms with Crippen LogP contribution in [0, 0.1) is 6.92 Å². The molecule has 0 amide bonds. The molecule has 0 radical (unpaired) electrons. The molecule has 3 nitrogen and oxygen atoms in total. The third-order valence-corrected chi connectivity index (χ3v) is 3.75. The van der Waals surface area contributed by atoms with Crippen molar-refractivity contribution in [3.05, 3.63) is 95.4 Å². The minimum Gasteiger partial charge on any atom is -0.381 e. The quantitative estimate of drug-likeness (QED) is 0.771. The summed E-state index contributed by atoms with van der Waals surface area (Å²) in [6, 6.07) is 21.4. The Morgan fingerprint density at radius 1 is 1.04 bits per heavy atom. The molecule has 1 atom stereocenters. The van der Waals surface area contributed by atoms with Crippen molar-refractivity contribution >= 4 is 6.08 Å². The van der Waals surface area contributed by atoms with Gasteiger partial charge in [-0.1, -0.05) is 71.9 Å². The Morgan fingerprint density at radius 2 is 1.70 bits per heavy atom. The van der Waals surface area contributed by atoms with E-state index in [4.69, 9.17) is 4.52 Å². The van der Waals surface area contributed by atoms with Crippen molar-refractivity contribution in [3.8, 4) is 0 Å². The van der Waals surface area contributed by atoms with Gasteiger partial charge in [-0.2, -0.15) is 0 Å². The number of rotatable bonds is 5. The summed E-state index contributed by atoms with van der Waals surface area (Å²) in [5.41, 5.74) is 1.52. The molecule has 116 valence electrons. The molecule has 0 saturated heterocycles. The first kappa shape index (κ1) is 15.3. The van der Waals surface area contributed by atoms with Crippen molar-refractivity contribution in [1.29, 1.82) is 0 Å². The summed E-state index contributed by atoms with van der Waals surface area (Å²) in [5.74, 6) is 0.659. The average molecular weight is 305 g/mol. The van der Waals surface area contributed by atoms with E-state index in [9.17, 15) is 5.11 Å². The van der Waals surface area contributed by atoms with Crippen molar-refractivity contribution in [1.82, 2.24) is 5.16 Å². The fourth-order valence-corrected chi connectivity index (χ4v) is 2.55. The molecule has 3 aromatic rings. The van der Waals surface area contributed by atoms with Crippen molar-refractivity contribution in [2.75, 3.05) is 0 Å². The second kappa shape index (κ2) is 6.63. The Balaban J connectivity index is 1.94. The number of aromatic nitrogens is 1. The van der Waals surface area contributed by atoms with Crippen LogP contribution in [0.5, 0.6) is 0 Å². The maximum absolute atomic E-state index is 11.2. The van der Waals surface area contributed by atoms with Gasteiger partial charge in [-0.15, -0.1) is 0 Å². The first-order valence-electron chi connectivity index (χ1n) is 7.60. The molecule has 23 heavy (non-hydrogen) atoms. The molecule has 1 N–H and O–H groups in total. The van der Waals surface area contributed by atoms with Gasteiger partial charge >= 0.3 is 0 Å². The monoisotopic (exact) mass is 305 g/mol. The van der Waals surface area contributed by atoms with Crippen molar-refractivity contribution < 1.29 is 9.63 Å². The molecule has 0 fully saturated rings. The zero-order chi connectivity index (χ0) is 16.1. The summed E-state index contributed by atoms with van der Waals surface area (Å²) in [5, 5.41) is 15.1. The SMILES string of the molecule is Cc1cc(C[C@@](O)(/C=C\c2ccccc2)c2ccccc2)on1. The molecule has 0 spiro atoms. The van der Waals surface area contributed by atoms with Crippen LogP contribution in [0.25, 0.3) is 6.08 Å². The highest BCUT2D eigenvalue weighted by Crippen LogP contribution is 2.28. The van der Waals surface area contributed by atoms with E-state index in [0.29, 0.717) is 12.2 Å². The number of nitrogens with zero attached hydrogens (tertiary/aromatic N) is 1. The first-order chi connectivity index (χ1) is 11.2. The Bertz CT molecular complexity index is 778. The number of benzene rings is 2. The molecule has 2 aromatic carbocycles. The molecule has 0 aliphatic carbocycles. The van der Waals surface area contributed by atoms with Crippen LogP contribution >= 0.6 is 0 Å². The predicted octanol–water partition coefficient (Wildman–Crippen LogP) is 4.13. The third-order valence-electron chi connectivity index (χ3n) is 3.75. The molecule has 3 heteroatoms. The number of aliphatic hydroxyl groups is 1. The van der Waals surface area contributed by atoms with Crippen LogP contribution in [0.1, 0.15) is 22.6 Å². The lowest BCUT2D eigenvalue weighted by Gasteiger charge is -2.24. The van der Waals surface area contributed by atoms with Crippen LogP contribution in [-0.2, 0) is 12.0 Å². The molecule has 0 aliphatic rings. The van der Waals surface area contributed by atoms with E-state index in [1.807, 2.05) is 85.8 Å². The van der Waals surface area contributed by atoms with Gasteiger partial charge in [-0.05, 0) is 24.1 Å². The van der Waals surface area contributed by atoms with Crippen molar-refractivity contribution in [2.45, 2.75) is 18.9 Å². The van der Waals surface area contributed by atoms with E-state index in [1.54, 1.807) is 0 Å². The Hall–Kier alpha value is -2.65. The van der Waals surface area contributed by atoms with Crippen LogP contribution in [-0.4, -0.2) is 10.3 Å². The molecule has 0 bridgehead atoms. The Morgan fingerprint density at radius 3 is 2.30 bits per heavy atom. The lowest BCUT2D eigenvalue weighted by atomic mass is 9.88. The van der Waals surface area contributed by atoms with E-state index in [1.165, 1.54) is 0 Å². The number of hydrogen-bond donors (Lipinski definition) is 1. The highest BCUT2D eigenvalue weighted by atomic mass is 16.5. The third kappa shape index (κ3) is 3.76. The highest BCUT2D eigenvalue weighted by molar-refractivity contribution is 5.51. The van der Waals surface area contributed by atoms with Crippen LogP contribution in [0.15, 0.2) is 77.3 Å². The second-order valence-corrected chi connectivity index (χ2v) is 5.65. The maximum Gasteiger partial charge on any atom is 0.140 e. The lowest BCUT2D eigenvalue weighted by Crippen LogP contribution is -2.25. The fraction of sp³-hybridized carbons (Fsp3) is 0.150. The lowest BCUT2D eigenvalue weighted by molar-refractivity contribution is 0.0825. The second-order valence-electron chi connectivity index (χ2n) is 5.65. The molecule has 0 saturated carbocycles. The summed E-state index contributed by atoms with van der Waals surface area (Å²) in [4.78, 5) is 0. The molecule has 3 rings (SSSR count). The van der Waals surface area contributed by atoms with Gasteiger partial charge in [0.2, 0.25) is 0 Å². The minimum atomic E-state index is -1.15. The van der Waals surface area contributed by atoms with Crippen molar-refractivity contribution in [2.24, 2.45) is 0 Å². The summed E-state index contributed by atoms with van der Waals surface area (Å²) in [7, 11) is 0. The van der Waals surface area contributed by atoms with Crippen LogP contribution in [0.4, 0.5) is 0 Å². The molecule has 1 aromatic heterocycles. The minimum absolute atomic E-state index is 0.335. The molecule has 0 unspecified atom stereocenters. The summed E-state index contributed by atoms with van der Waals surface area (Å²) in [6.07, 6.45) is 4.08. The normalized spacial score (nSPS) is 14.0. The molecular formula is C20H19NO2. The van der Waals surface area contributed by atoms with E-state index in [-0.39, 0.29) is 0 Å². The van der Waals surface area contributed by atoms with Crippen LogP contribution in [0.2, 0.25) is 0 Å². The summed E-state index contributed by atoms with van der Waals surface area (Å²) < 4.78 is 5.29. The highest BCUT2D eigenvalue weighted by Gasteiger charge is 2.28. The van der Waals surface area contributed by atoms with E-state index in [0.717, 1.165) is 16.8 Å². The van der Waals surface area contributed by atoms with Gasteiger partial charge in [0.05, 0.1) is 5.69 Å². The number of hydrogen-bond acceptors (Lipinski definition) is 3. The van der Waals surface area contributed by atoms with E-state index >= 15 is 0 Å². The van der Waals surface area contributed by atoms with Gasteiger partial charge in [0.15, 0.2) is 0 Å². The topological polar surface area (TPSA) is 46.3 Å². The largest absolute Gasteiger partial charge is 0.381 e. The standard InChI is InChI=1S/C20H19NO2/c1-16-14-19(23-21-16)15-20(22,18-10-6-3-7-11-18)13-12-17-8-4-2-5-9-17/h2-14,22H,15H2,1H3/b13-12-/t20-/m0/s1. The van der Waals surface area contributed by atoms with Gasteiger partial charge in [-0.3, -0.25) is 0 Å². The molecule has 1 heterocycles. The Labute approximate surface area is 135 Å². The first-order valence-corrected chi connectivity index (χ1v) is 7.60. The number of aryl methyl sites for hydroxylation is 1. The van der Waals surface area contributed by atoms with Gasteiger partial charge in [0.25, 0.3) is 0 Å². The smallest absolute Gasteiger partial charge is 0.140 e. The van der Waals surface area contributed by atoms with Crippen LogP contribution in [0.3, 0.4) is 0 Å². The summed E-state index contributed by atoms with van der Waals surface area (Å²) in [6.45, 7) is 1.87. The van der Waals surface area contributed by atoms with Gasteiger partial charge < -0.3 is 9.63 Å². The zero-order valence-electron chi connectivity index (χ0n) is 13.0. The van der Waals surface area contributed by atoms with Crippen molar-refractivity contribution in [3.63, 3.8) is 0 Å². The van der Waals surface area contributed by atoms with Gasteiger partial charge in [-0.25, -0.2) is 0 Å².